The van der Waals surface area contributed by atoms with E-state index in [2.05, 4.69) is 25.6 Å². The fraction of sp³-hybridized carbons (Fsp3) is 0.350. The molecule has 0 saturated carbocycles. The summed E-state index contributed by atoms with van der Waals surface area (Å²) in [5.74, 6) is 0.282. The Labute approximate surface area is 168 Å². The molecule has 0 atom stereocenters. The highest BCUT2D eigenvalue weighted by atomic mass is 16.5. The van der Waals surface area contributed by atoms with Gasteiger partial charge >= 0.3 is 0 Å². The third-order valence-electron chi connectivity index (χ3n) is 4.76. The topological polar surface area (TPSA) is 104 Å². The zero-order chi connectivity index (χ0) is 20.1. The molecule has 29 heavy (non-hydrogen) atoms. The van der Waals surface area contributed by atoms with Crippen molar-refractivity contribution in [2.45, 2.75) is 25.5 Å². The lowest BCUT2D eigenvalue weighted by molar-refractivity contribution is 0.0696. The molecule has 0 radical (unpaired) electrons. The van der Waals surface area contributed by atoms with E-state index in [-0.39, 0.29) is 18.6 Å². The van der Waals surface area contributed by atoms with Crippen LogP contribution in [0.4, 0.5) is 0 Å². The summed E-state index contributed by atoms with van der Waals surface area (Å²) >= 11 is 0. The second kappa shape index (κ2) is 8.78. The first-order chi connectivity index (χ1) is 14.2. The highest BCUT2D eigenvalue weighted by molar-refractivity contribution is 5.94. The molecule has 4 rings (SSSR count). The molecule has 1 aliphatic rings. The number of amides is 1. The summed E-state index contributed by atoms with van der Waals surface area (Å²) in [5, 5.41) is 11.3. The highest BCUT2D eigenvalue weighted by Crippen LogP contribution is 2.20. The molecule has 1 aliphatic heterocycles. The van der Waals surface area contributed by atoms with Crippen LogP contribution >= 0.6 is 0 Å². The van der Waals surface area contributed by atoms with Gasteiger partial charge in [-0.15, -0.1) is 5.10 Å². The number of pyridine rings is 2. The van der Waals surface area contributed by atoms with Crippen LogP contribution in [0.5, 0.6) is 5.88 Å². The van der Waals surface area contributed by atoms with Crippen LogP contribution < -0.4 is 10.1 Å². The summed E-state index contributed by atoms with van der Waals surface area (Å²) < 4.78 is 12.8. The van der Waals surface area contributed by atoms with Gasteiger partial charge in [0.2, 0.25) is 5.88 Å². The third-order valence-corrected chi connectivity index (χ3v) is 4.76. The molecular weight excluding hydrogens is 372 g/mol. The maximum atomic E-state index is 12.4. The molecule has 0 aromatic carbocycles. The minimum Gasteiger partial charge on any atom is -0.471 e. The highest BCUT2D eigenvalue weighted by Gasteiger charge is 2.18. The van der Waals surface area contributed by atoms with Gasteiger partial charge in [-0.2, -0.15) is 0 Å². The Morgan fingerprint density at radius 3 is 2.83 bits per heavy atom. The largest absolute Gasteiger partial charge is 0.471 e. The lowest BCUT2D eigenvalue weighted by Crippen LogP contribution is -2.38. The number of aromatic nitrogens is 5. The molecule has 0 unspecified atom stereocenters. The minimum absolute atomic E-state index is 0.135. The maximum absolute atomic E-state index is 12.4. The summed E-state index contributed by atoms with van der Waals surface area (Å²) in [6.45, 7) is 1.59. The van der Waals surface area contributed by atoms with E-state index in [1.807, 2.05) is 18.2 Å². The lowest BCUT2D eigenvalue weighted by atomic mass is 10.1. The van der Waals surface area contributed by atoms with Gasteiger partial charge in [0, 0.05) is 44.8 Å². The van der Waals surface area contributed by atoms with Gasteiger partial charge in [0.05, 0.1) is 11.3 Å². The Morgan fingerprint density at radius 2 is 2.10 bits per heavy atom. The van der Waals surface area contributed by atoms with Crippen molar-refractivity contribution >= 4 is 5.91 Å². The Balaban J connectivity index is 1.39. The Morgan fingerprint density at radius 1 is 1.24 bits per heavy atom. The Kier molecular flexibility index (Phi) is 5.76. The number of aryl methyl sites for hydroxylation is 1. The molecule has 0 spiro atoms. The first-order valence-electron chi connectivity index (χ1n) is 9.48. The summed E-state index contributed by atoms with van der Waals surface area (Å²) in [6, 6.07) is 9.15. The van der Waals surface area contributed by atoms with Crippen LogP contribution in [0.1, 0.15) is 28.9 Å². The van der Waals surface area contributed by atoms with E-state index >= 15 is 0 Å². The van der Waals surface area contributed by atoms with E-state index in [0.29, 0.717) is 30.4 Å². The number of carbonyl (C=O) groups excluding carboxylic acids is 1. The number of ether oxygens (including phenoxy) is 2. The van der Waals surface area contributed by atoms with Gasteiger partial charge in [-0.3, -0.25) is 9.78 Å². The van der Waals surface area contributed by atoms with Crippen molar-refractivity contribution in [1.29, 1.82) is 0 Å². The lowest BCUT2D eigenvalue weighted by Gasteiger charge is -2.23. The number of hydrogen-bond acceptors (Lipinski definition) is 7. The van der Waals surface area contributed by atoms with E-state index in [4.69, 9.17) is 9.47 Å². The van der Waals surface area contributed by atoms with Crippen molar-refractivity contribution in [2.24, 2.45) is 7.05 Å². The van der Waals surface area contributed by atoms with Crippen LogP contribution in [0.3, 0.4) is 0 Å². The van der Waals surface area contributed by atoms with Gasteiger partial charge in [0.1, 0.15) is 18.0 Å². The van der Waals surface area contributed by atoms with Crippen molar-refractivity contribution in [3.63, 3.8) is 0 Å². The molecule has 4 heterocycles. The number of rotatable bonds is 6. The summed E-state index contributed by atoms with van der Waals surface area (Å²) in [7, 11) is 1.80. The molecule has 1 amide bonds. The van der Waals surface area contributed by atoms with Crippen LogP contribution in [0, 0.1) is 0 Å². The Bertz CT molecular complexity index is 952. The molecule has 150 valence electrons. The number of nitrogens with zero attached hydrogens (tertiary/aromatic N) is 5. The van der Waals surface area contributed by atoms with Gasteiger partial charge in [0.15, 0.2) is 0 Å². The minimum atomic E-state index is -0.135. The molecule has 1 fully saturated rings. The normalized spacial score (nSPS) is 14.5. The number of carbonyl (C=O) groups is 1. The monoisotopic (exact) mass is 394 g/mol. The average Bonchev–Trinajstić information content (AvgIpc) is 3.14. The van der Waals surface area contributed by atoms with Crippen LogP contribution in [0.2, 0.25) is 0 Å². The standard InChI is InChI=1S/C20H22N6O3/c1-26-17(19(24-25-26)16-4-2-3-9-21-16)13-29-18-6-5-14(12-22-18)20(27)23-15-7-10-28-11-8-15/h2-6,9,12,15H,7-8,10-11,13H2,1H3,(H,23,27). The molecule has 1 saturated heterocycles. The van der Waals surface area contributed by atoms with Gasteiger partial charge < -0.3 is 14.8 Å². The van der Waals surface area contributed by atoms with Gasteiger partial charge in [0.25, 0.3) is 5.91 Å². The summed E-state index contributed by atoms with van der Waals surface area (Å²) in [6.07, 6.45) is 4.89. The van der Waals surface area contributed by atoms with Crippen LogP contribution in [-0.2, 0) is 18.4 Å². The molecule has 9 nitrogen and oxygen atoms in total. The van der Waals surface area contributed by atoms with Crippen molar-refractivity contribution in [2.75, 3.05) is 13.2 Å². The SMILES string of the molecule is Cn1nnc(-c2ccccn2)c1COc1ccc(C(=O)NC2CCOCC2)cn1. The van der Waals surface area contributed by atoms with Crippen LogP contribution in [0.25, 0.3) is 11.4 Å². The predicted octanol–water partition coefficient (Wildman–Crippen LogP) is 1.76. The van der Waals surface area contributed by atoms with Crippen molar-refractivity contribution in [3.8, 4) is 17.3 Å². The summed E-state index contributed by atoms with van der Waals surface area (Å²) in [5.41, 5.74) is 2.68. The van der Waals surface area contributed by atoms with Gasteiger partial charge in [-0.1, -0.05) is 11.3 Å². The van der Waals surface area contributed by atoms with Gasteiger partial charge in [-0.05, 0) is 31.0 Å². The third kappa shape index (κ3) is 4.57. The van der Waals surface area contributed by atoms with Crippen molar-refractivity contribution < 1.29 is 14.3 Å². The van der Waals surface area contributed by atoms with E-state index in [9.17, 15) is 4.79 Å². The molecule has 1 N–H and O–H groups in total. The molecule has 3 aromatic rings. The van der Waals surface area contributed by atoms with E-state index in [1.54, 1.807) is 30.1 Å². The van der Waals surface area contributed by atoms with Crippen LogP contribution in [-0.4, -0.2) is 50.1 Å². The summed E-state index contributed by atoms with van der Waals surface area (Å²) in [4.78, 5) is 20.9. The zero-order valence-corrected chi connectivity index (χ0v) is 16.1. The molecular formula is C20H22N6O3. The Hall–Kier alpha value is -3.33. The first kappa shape index (κ1) is 19.0. The molecule has 9 heteroatoms. The quantitative estimate of drug-likeness (QED) is 0.679. The van der Waals surface area contributed by atoms with Crippen LogP contribution in [0.15, 0.2) is 42.7 Å². The van der Waals surface area contributed by atoms with Crippen molar-refractivity contribution in [3.05, 3.63) is 54.0 Å². The first-order valence-corrected chi connectivity index (χ1v) is 9.48. The zero-order valence-electron chi connectivity index (χ0n) is 16.1. The fourth-order valence-corrected chi connectivity index (χ4v) is 3.09. The molecule has 0 aliphatic carbocycles. The smallest absolute Gasteiger partial charge is 0.253 e. The van der Waals surface area contributed by atoms with E-state index < -0.39 is 0 Å². The van der Waals surface area contributed by atoms with Crippen molar-refractivity contribution in [1.82, 2.24) is 30.3 Å². The number of hydrogen-bond donors (Lipinski definition) is 1. The number of nitrogens with one attached hydrogen (secondary N) is 1. The molecule has 0 bridgehead atoms. The van der Waals surface area contributed by atoms with Gasteiger partial charge in [-0.25, -0.2) is 9.67 Å². The predicted molar refractivity (Wildman–Crippen MR) is 104 cm³/mol. The fourth-order valence-electron chi connectivity index (χ4n) is 3.09. The maximum Gasteiger partial charge on any atom is 0.253 e. The second-order valence-electron chi connectivity index (χ2n) is 6.76. The molecule has 3 aromatic heterocycles. The van der Waals surface area contributed by atoms with E-state index in [1.165, 1.54) is 6.20 Å². The second-order valence-corrected chi connectivity index (χ2v) is 6.76. The van der Waals surface area contributed by atoms with E-state index in [0.717, 1.165) is 24.2 Å². The average molecular weight is 394 g/mol.